The van der Waals surface area contributed by atoms with E-state index < -0.39 is 11.3 Å². The molecule has 0 aliphatic carbocycles. The number of hydroxylamine groups is 4. The van der Waals surface area contributed by atoms with Crippen LogP contribution in [0.3, 0.4) is 0 Å². The van der Waals surface area contributed by atoms with Crippen LogP contribution < -0.4 is 22.9 Å². The first-order valence-corrected chi connectivity index (χ1v) is 9.28. The van der Waals surface area contributed by atoms with Gasteiger partial charge in [-0.1, -0.05) is 12.8 Å². The van der Waals surface area contributed by atoms with Gasteiger partial charge in [0.2, 0.25) is 23.8 Å². The maximum atomic E-state index is 5.87. The molecule has 8 N–H and O–H groups in total. The predicted molar refractivity (Wildman–Crippen MR) is 109 cm³/mol. The van der Waals surface area contributed by atoms with E-state index >= 15 is 0 Å². The molecule has 2 aliphatic rings. The normalized spacial score (nSPS) is 21.0. The van der Waals surface area contributed by atoms with Crippen molar-refractivity contribution in [1.82, 2.24) is 10.1 Å². The molecule has 12 nitrogen and oxygen atoms in total. The van der Waals surface area contributed by atoms with Gasteiger partial charge < -0.3 is 22.9 Å². The lowest BCUT2D eigenvalue weighted by Crippen LogP contribution is -2.53. The number of aliphatic imine (C=N–C) groups is 4. The maximum absolute atomic E-state index is 5.87. The first-order valence-electron chi connectivity index (χ1n) is 9.28. The highest BCUT2D eigenvalue weighted by molar-refractivity contribution is 5.95. The van der Waals surface area contributed by atoms with Gasteiger partial charge in [0.25, 0.3) is 0 Å². The number of nitrogens with zero attached hydrogens (tertiary/aromatic N) is 6. The largest absolute Gasteiger partial charge is 0.368 e. The summed E-state index contributed by atoms with van der Waals surface area (Å²) >= 11 is 0. The van der Waals surface area contributed by atoms with E-state index in [9.17, 15) is 0 Å². The highest BCUT2D eigenvalue weighted by Crippen LogP contribution is 2.21. The quantitative estimate of drug-likeness (QED) is 0.386. The van der Waals surface area contributed by atoms with Crippen LogP contribution in [0.1, 0.15) is 53.4 Å². The average Bonchev–Trinajstić information content (AvgIpc) is 2.52. The van der Waals surface area contributed by atoms with Crippen LogP contribution in [0.15, 0.2) is 20.0 Å². The predicted octanol–water partition coefficient (Wildman–Crippen LogP) is -0.228. The third-order valence-electron chi connectivity index (χ3n) is 4.12. The van der Waals surface area contributed by atoms with Crippen LogP contribution >= 0.6 is 0 Å². The number of nitrogens with two attached hydrogens (primary N) is 4. The van der Waals surface area contributed by atoms with Gasteiger partial charge in [0.05, 0.1) is 13.2 Å². The second-order valence-electron chi connectivity index (χ2n) is 7.54. The van der Waals surface area contributed by atoms with Crippen molar-refractivity contribution in [2.24, 2.45) is 42.9 Å². The van der Waals surface area contributed by atoms with Gasteiger partial charge in [-0.15, -0.1) is 0 Å². The number of hydrogen-bond donors (Lipinski definition) is 4. The highest BCUT2D eigenvalue weighted by atomic mass is 16.7. The van der Waals surface area contributed by atoms with Crippen LogP contribution in [0, 0.1) is 0 Å². The molecule has 0 aromatic carbocycles. The third-order valence-corrected chi connectivity index (χ3v) is 4.12. The second-order valence-corrected chi connectivity index (χ2v) is 7.54. The van der Waals surface area contributed by atoms with E-state index in [-0.39, 0.29) is 23.8 Å². The minimum Gasteiger partial charge on any atom is -0.368 e. The van der Waals surface area contributed by atoms with Gasteiger partial charge in [0.15, 0.2) is 11.3 Å². The van der Waals surface area contributed by atoms with E-state index in [4.69, 9.17) is 32.6 Å². The van der Waals surface area contributed by atoms with Crippen LogP contribution in [0.4, 0.5) is 0 Å². The molecule has 0 saturated heterocycles. The molecule has 2 aliphatic heterocycles. The Bertz CT molecular complexity index is 625. The van der Waals surface area contributed by atoms with E-state index in [0.29, 0.717) is 13.2 Å². The Hall–Kier alpha value is -2.60. The van der Waals surface area contributed by atoms with Gasteiger partial charge >= 0.3 is 0 Å². The molecule has 0 bridgehead atoms. The zero-order chi connectivity index (χ0) is 20.9. The summed E-state index contributed by atoms with van der Waals surface area (Å²) in [7, 11) is 0. The molecule has 28 heavy (non-hydrogen) atoms. The fourth-order valence-corrected chi connectivity index (χ4v) is 2.91. The van der Waals surface area contributed by atoms with Crippen molar-refractivity contribution in [3.63, 3.8) is 0 Å². The Kier molecular flexibility index (Phi) is 6.67. The minimum absolute atomic E-state index is 0.151. The molecule has 0 aromatic rings. The van der Waals surface area contributed by atoms with Crippen molar-refractivity contribution in [3.05, 3.63) is 0 Å². The highest BCUT2D eigenvalue weighted by Gasteiger charge is 2.33. The summed E-state index contributed by atoms with van der Waals surface area (Å²) in [6, 6.07) is 0. The molecule has 0 spiro atoms. The molecule has 0 aromatic heterocycles. The van der Waals surface area contributed by atoms with Gasteiger partial charge in [-0.3, -0.25) is 9.68 Å². The Morgan fingerprint density at radius 3 is 1.36 bits per heavy atom. The van der Waals surface area contributed by atoms with Gasteiger partial charge in [0.1, 0.15) is 0 Å². The fraction of sp³-hybridized carbons (Fsp3) is 0.750. The van der Waals surface area contributed by atoms with Crippen LogP contribution in [0.25, 0.3) is 0 Å². The van der Waals surface area contributed by atoms with Crippen LogP contribution in [-0.2, 0) is 9.68 Å². The van der Waals surface area contributed by atoms with Crippen molar-refractivity contribution in [3.8, 4) is 0 Å². The number of guanidine groups is 4. The van der Waals surface area contributed by atoms with Crippen molar-refractivity contribution >= 4 is 23.8 Å². The third kappa shape index (κ3) is 5.45. The lowest BCUT2D eigenvalue weighted by Gasteiger charge is -2.37. The van der Waals surface area contributed by atoms with Gasteiger partial charge in [-0.05, 0) is 40.5 Å². The SMILES string of the molecule is CC1(C)N=C(N)N=C(N)N1OCCCCCCON1C(N)=NC(N)=NC1(C)C. The van der Waals surface area contributed by atoms with Crippen LogP contribution in [0.5, 0.6) is 0 Å². The minimum atomic E-state index is -0.682. The summed E-state index contributed by atoms with van der Waals surface area (Å²) in [4.78, 5) is 27.8. The molecule has 0 saturated carbocycles. The molecular formula is C16H32N10O2. The molecule has 2 rings (SSSR count). The molecule has 0 amide bonds. The summed E-state index contributed by atoms with van der Waals surface area (Å²) < 4.78 is 0. The number of unbranched alkanes of at least 4 members (excludes halogenated alkanes) is 3. The van der Waals surface area contributed by atoms with E-state index in [1.807, 2.05) is 27.7 Å². The molecule has 0 radical (unpaired) electrons. The second kappa shape index (κ2) is 8.61. The molecule has 0 atom stereocenters. The summed E-state index contributed by atoms with van der Waals surface area (Å²) in [5.41, 5.74) is 21.6. The monoisotopic (exact) mass is 396 g/mol. The molecule has 0 unspecified atom stereocenters. The lowest BCUT2D eigenvalue weighted by atomic mass is 10.2. The molecule has 0 fully saturated rings. The van der Waals surface area contributed by atoms with E-state index in [0.717, 1.165) is 25.7 Å². The van der Waals surface area contributed by atoms with Crippen LogP contribution in [0.2, 0.25) is 0 Å². The Morgan fingerprint density at radius 2 is 1.04 bits per heavy atom. The number of hydrogen-bond acceptors (Lipinski definition) is 12. The molecular weight excluding hydrogens is 364 g/mol. The maximum Gasteiger partial charge on any atom is 0.226 e. The van der Waals surface area contributed by atoms with E-state index in [1.54, 1.807) is 0 Å². The first-order chi connectivity index (χ1) is 13.0. The molecule has 12 heteroatoms. The molecule has 158 valence electrons. The van der Waals surface area contributed by atoms with Crippen molar-refractivity contribution < 1.29 is 9.68 Å². The lowest BCUT2D eigenvalue weighted by molar-refractivity contribution is -0.160. The molecule has 2 heterocycles. The topological polar surface area (TPSA) is 178 Å². The van der Waals surface area contributed by atoms with Crippen molar-refractivity contribution in [1.29, 1.82) is 0 Å². The van der Waals surface area contributed by atoms with Crippen molar-refractivity contribution in [2.75, 3.05) is 13.2 Å². The number of rotatable bonds is 9. The Balaban J connectivity index is 1.62. The standard InChI is InChI=1S/C16H32N10O2/c1-15(2)23-11(17)21-13(19)25(15)27-9-7-5-6-8-10-28-26-14(20)22-12(18)24-16(26,3)4/h5-10H2,1-4H3,(H4,17,19,21,23)(H4,18,20,22,24). The Labute approximate surface area is 165 Å². The van der Waals surface area contributed by atoms with Crippen LogP contribution in [-0.4, -0.2) is 58.5 Å². The fourth-order valence-electron chi connectivity index (χ4n) is 2.91. The summed E-state index contributed by atoms with van der Waals surface area (Å²) in [6.45, 7) is 8.42. The summed E-state index contributed by atoms with van der Waals surface area (Å²) in [6.07, 6.45) is 3.66. The van der Waals surface area contributed by atoms with E-state index in [2.05, 4.69) is 20.0 Å². The van der Waals surface area contributed by atoms with E-state index in [1.165, 1.54) is 10.1 Å². The summed E-state index contributed by atoms with van der Waals surface area (Å²) in [5, 5.41) is 2.97. The summed E-state index contributed by atoms with van der Waals surface area (Å²) in [5.74, 6) is 0.715. The average molecular weight is 397 g/mol. The zero-order valence-electron chi connectivity index (χ0n) is 17.1. The first kappa shape index (κ1) is 21.7. The van der Waals surface area contributed by atoms with Crippen molar-refractivity contribution in [2.45, 2.75) is 64.7 Å². The zero-order valence-corrected chi connectivity index (χ0v) is 17.1. The smallest absolute Gasteiger partial charge is 0.226 e. The Morgan fingerprint density at radius 1 is 0.679 bits per heavy atom. The van der Waals surface area contributed by atoms with Gasteiger partial charge in [-0.2, -0.15) is 20.1 Å². The van der Waals surface area contributed by atoms with Gasteiger partial charge in [0, 0.05) is 0 Å². The van der Waals surface area contributed by atoms with Gasteiger partial charge in [-0.25, -0.2) is 9.98 Å².